The highest BCUT2D eigenvalue weighted by Crippen LogP contribution is 2.36. The van der Waals surface area contributed by atoms with E-state index in [9.17, 15) is 13.6 Å². The quantitative estimate of drug-likeness (QED) is 0.828. The smallest absolute Gasteiger partial charge is 0.226 e. The first kappa shape index (κ1) is 18.8. The fraction of sp³-hybridized carbons (Fsp3) is 0.429. The number of halogens is 2. The van der Waals surface area contributed by atoms with Crippen molar-refractivity contribution in [2.24, 2.45) is 0 Å². The zero-order valence-electron chi connectivity index (χ0n) is 15.7. The first-order valence-corrected chi connectivity index (χ1v) is 9.66. The predicted molar refractivity (Wildman–Crippen MR) is 103 cm³/mol. The van der Waals surface area contributed by atoms with E-state index in [4.69, 9.17) is 0 Å². The number of piperazine rings is 1. The number of pyridine rings is 1. The predicted octanol–water partition coefficient (Wildman–Crippen LogP) is 2.37. The van der Waals surface area contributed by atoms with Crippen molar-refractivity contribution in [2.75, 3.05) is 37.6 Å². The molecule has 2 aliphatic rings. The largest absolute Gasteiger partial charge is 0.369 e. The van der Waals surface area contributed by atoms with Gasteiger partial charge < -0.3 is 10.2 Å². The van der Waals surface area contributed by atoms with Crippen LogP contribution in [0.2, 0.25) is 0 Å². The number of nitrogens with zero attached hydrogens (tertiary/aromatic N) is 3. The third-order valence-corrected chi connectivity index (χ3v) is 5.51. The van der Waals surface area contributed by atoms with Crippen LogP contribution in [0.3, 0.4) is 0 Å². The molecule has 0 radical (unpaired) electrons. The lowest BCUT2D eigenvalue weighted by atomic mass is 10.1. The second kappa shape index (κ2) is 7.83. The molecule has 1 saturated carbocycles. The summed E-state index contributed by atoms with van der Waals surface area (Å²) >= 11 is 0. The Balaban J connectivity index is 1.27. The Morgan fingerprint density at radius 3 is 2.43 bits per heavy atom. The number of hydrogen-bond donors (Lipinski definition) is 1. The van der Waals surface area contributed by atoms with Crippen molar-refractivity contribution in [2.45, 2.75) is 24.8 Å². The van der Waals surface area contributed by atoms with Gasteiger partial charge in [-0.05, 0) is 49.2 Å². The summed E-state index contributed by atoms with van der Waals surface area (Å²) in [6.45, 7) is 4.33. The molecule has 1 aliphatic carbocycles. The van der Waals surface area contributed by atoms with E-state index in [1.54, 1.807) is 0 Å². The van der Waals surface area contributed by atoms with Crippen molar-refractivity contribution < 1.29 is 13.6 Å². The lowest BCUT2D eigenvalue weighted by molar-refractivity contribution is -0.121. The second-order valence-corrected chi connectivity index (χ2v) is 7.68. The van der Waals surface area contributed by atoms with Gasteiger partial charge in [-0.3, -0.25) is 14.7 Å². The van der Waals surface area contributed by atoms with Crippen molar-refractivity contribution in [3.8, 4) is 0 Å². The number of aromatic nitrogens is 1. The van der Waals surface area contributed by atoms with Crippen molar-refractivity contribution in [3.05, 3.63) is 59.9 Å². The molecule has 5 nitrogen and oxygen atoms in total. The monoisotopic (exact) mass is 386 g/mol. The van der Waals surface area contributed by atoms with E-state index in [0.717, 1.165) is 51.3 Å². The highest BCUT2D eigenvalue weighted by molar-refractivity contribution is 5.79. The van der Waals surface area contributed by atoms with Gasteiger partial charge in [0.2, 0.25) is 5.91 Å². The molecule has 7 heteroatoms. The number of carbonyl (C=O) groups is 1. The number of carbonyl (C=O) groups excluding carboxylic acids is 1. The SMILES string of the molecule is O=C(Cc1ncccc1F)NC1(CN2CCN(c3ccc(F)cc3)CC2)CC1. The fourth-order valence-corrected chi connectivity index (χ4v) is 3.76. The Morgan fingerprint density at radius 1 is 1.07 bits per heavy atom. The van der Waals surface area contributed by atoms with Gasteiger partial charge in [-0.15, -0.1) is 0 Å². The van der Waals surface area contributed by atoms with Crippen LogP contribution >= 0.6 is 0 Å². The molecule has 0 atom stereocenters. The molecule has 1 saturated heterocycles. The van der Waals surface area contributed by atoms with E-state index >= 15 is 0 Å². The normalized spacial score (nSPS) is 18.7. The van der Waals surface area contributed by atoms with Crippen LogP contribution in [0.4, 0.5) is 14.5 Å². The molecule has 4 rings (SSSR count). The number of nitrogens with one attached hydrogen (secondary N) is 1. The minimum absolute atomic E-state index is 0.0350. The minimum atomic E-state index is -0.445. The number of anilines is 1. The summed E-state index contributed by atoms with van der Waals surface area (Å²) in [6, 6.07) is 9.43. The maximum absolute atomic E-state index is 13.7. The molecular formula is C21H24F2N4O. The van der Waals surface area contributed by atoms with Gasteiger partial charge >= 0.3 is 0 Å². The van der Waals surface area contributed by atoms with E-state index in [1.165, 1.54) is 30.5 Å². The van der Waals surface area contributed by atoms with Crippen LogP contribution in [0.1, 0.15) is 18.5 Å². The average molecular weight is 386 g/mol. The third-order valence-electron chi connectivity index (χ3n) is 5.51. The summed E-state index contributed by atoms with van der Waals surface area (Å²) < 4.78 is 26.8. The van der Waals surface area contributed by atoms with Gasteiger partial charge in [0.25, 0.3) is 0 Å². The van der Waals surface area contributed by atoms with Crippen LogP contribution in [0.5, 0.6) is 0 Å². The molecule has 1 aromatic carbocycles. The second-order valence-electron chi connectivity index (χ2n) is 7.68. The lowest BCUT2D eigenvalue weighted by Gasteiger charge is -2.38. The van der Waals surface area contributed by atoms with Gasteiger partial charge in [0.05, 0.1) is 17.7 Å². The van der Waals surface area contributed by atoms with Crippen LogP contribution in [-0.2, 0) is 11.2 Å². The molecule has 0 unspecified atom stereocenters. The number of rotatable bonds is 6. The van der Waals surface area contributed by atoms with Crippen LogP contribution in [0.25, 0.3) is 0 Å². The minimum Gasteiger partial charge on any atom is -0.369 e. The Labute approximate surface area is 163 Å². The fourth-order valence-electron chi connectivity index (χ4n) is 3.76. The summed E-state index contributed by atoms with van der Waals surface area (Å²) in [7, 11) is 0. The molecule has 28 heavy (non-hydrogen) atoms. The van der Waals surface area contributed by atoms with E-state index in [-0.39, 0.29) is 29.4 Å². The Kier molecular flexibility index (Phi) is 5.26. The van der Waals surface area contributed by atoms with Gasteiger partial charge in [-0.25, -0.2) is 8.78 Å². The molecule has 0 bridgehead atoms. The van der Waals surface area contributed by atoms with Gasteiger partial charge in [0.15, 0.2) is 0 Å². The maximum atomic E-state index is 13.7. The highest BCUT2D eigenvalue weighted by atomic mass is 19.1. The molecule has 1 amide bonds. The van der Waals surface area contributed by atoms with E-state index in [0.29, 0.717) is 0 Å². The molecular weight excluding hydrogens is 362 g/mol. The molecule has 1 aliphatic heterocycles. The van der Waals surface area contributed by atoms with Crippen LogP contribution in [0, 0.1) is 11.6 Å². The van der Waals surface area contributed by atoms with E-state index in [2.05, 4.69) is 20.1 Å². The van der Waals surface area contributed by atoms with Crippen LogP contribution < -0.4 is 10.2 Å². The highest BCUT2D eigenvalue weighted by Gasteiger charge is 2.45. The van der Waals surface area contributed by atoms with Crippen molar-refractivity contribution in [1.82, 2.24) is 15.2 Å². The Bertz CT molecular complexity index is 831. The first-order valence-electron chi connectivity index (χ1n) is 9.66. The van der Waals surface area contributed by atoms with Gasteiger partial charge in [-0.1, -0.05) is 0 Å². The van der Waals surface area contributed by atoms with Crippen molar-refractivity contribution in [1.29, 1.82) is 0 Å². The molecule has 1 N–H and O–H groups in total. The molecule has 0 spiro atoms. The van der Waals surface area contributed by atoms with Crippen molar-refractivity contribution >= 4 is 11.6 Å². The Hall–Kier alpha value is -2.54. The van der Waals surface area contributed by atoms with Gasteiger partial charge in [0.1, 0.15) is 11.6 Å². The number of amides is 1. The molecule has 2 aromatic rings. The number of hydrogen-bond acceptors (Lipinski definition) is 4. The Morgan fingerprint density at radius 2 is 1.79 bits per heavy atom. The van der Waals surface area contributed by atoms with E-state index in [1.807, 2.05) is 12.1 Å². The number of benzene rings is 1. The molecule has 2 fully saturated rings. The topological polar surface area (TPSA) is 48.5 Å². The maximum Gasteiger partial charge on any atom is 0.226 e. The molecule has 148 valence electrons. The summed E-state index contributed by atoms with van der Waals surface area (Å²) in [6.07, 6.45) is 3.36. The standard InChI is InChI=1S/C21H24F2N4O/c22-16-3-5-17(6-4-16)27-12-10-26(11-13-27)15-21(7-8-21)25-20(28)14-19-18(23)2-1-9-24-19/h1-6,9H,7-8,10-15H2,(H,25,28). The summed E-state index contributed by atoms with van der Waals surface area (Å²) in [5.74, 6) is -0.848. The van der Waals surface area contributed by atoms with Gasteiger partial charge in [0, 0.05) is 44.6 Å². The van der Waals surface area contributed by atoms with Crippen LogP contribution in [-0.4, -0.2) is 54.1 Å². The van der Waals surface area contributed by atoms with Gasteiger partial charge in [-0.2, -0.15) is 0 Å². The average Bonchev–Trinajstić information content (AvgIpc) is 3.43. The summed E-state index contributed by atoms with van der Waals surface area (Å²) in [4.78, 5) is 20.9. The first-order chi connectivity index (χ1) is 13.5. The third kappa shape index (κ3) is 4.47. The zero-order chi connectivity index (χ0) is 19.6. The summed E-state index contributed by atoms with van der Waals surface area (Å²) in [5.41, 5.74) is 1.03. The zero-order valence-corrected chi connectivity index (χ0v) is 15.7. The summed E-state index contributed by atoms with van der Waals surface area (Å²) in [5, 5.41) is 3.10. The molecule has 1 aromatic heterocycles. The van der Waals surface area contributed by atoms with Crippen LogP contribution in [0.15, 0.2) is 42.6 Å². The van der Waals surface area contributed by atoms with Crippen molar-refractivity contribution in [3.63, 3.8) is 0 Å². The van der Waals surface area contributed by atoms with E-state index < -0.39 is 5.82 Å². The lowest BCUT2D eigenvalue weighted by Crippen LogP contribution is -2.53. The molecule has 2 heterocycles.